The summed E-state index contributed by atoms with van der Waals surface area (Å²) in [5.41, 5.74) is 8.41. The van der Waals surface area contributed by atoms with Crippen LogP contribution < -0.4 is 29.4 Å². The highest BCUT2D eigenvalue weighted by atomic mass is 15.5. The van der Waals surface area contributed by atoms with Gasteiger partial charge in [0.1, 0.15) is 30.5 Å². The summed E-state index contributed by atoms with van der Waals surface area (Å²) in [6.07, 6.45) is 11.1. The molecule has 0 saturated heterocycles. The molecule has 3 aliphatic rings. The van der Waals surface area contributed by atoms with Gasteiger partial charge in [-0.25, -0.2) is 29.9 Å². The smallest absolute Gasteiger partial charge is 0.178 e. The predicted octanol–water partition coefficient (Wildman–Crippen LogP) is 14.3. The van der Waals surface area contributed by atoms with Gasteiger partial charge in [0.25, 0.3) is 0 Å². The van der Waals surface area contributed by atoms with E-state index in [9.17, 15) is 0 Å². The first-order chi connectivity index (χ1) is 32.1. The maximum absolute atomic E-state index is 4.48. The van der Waals surface area contributed by atoms with Crippen LogP contribution in [0.25, 0.3) is 0 Å². The summed E-state index contributed by atoms with van der Waals surface area (Å²) in [4.78, 5) is 39.6. The van der Waals surface area contributed by atoms with Crippen molar-refractivity contribution in [3.63, 3.8) is 0 Å². The maximum atomic E-state index is 4.48. The Bertz CT molecular complexity index is 2000. The molecule has 0 aliphatic carbocycles. The van der Waals surface area contributed by atoms with Crippen molar-refractivity contribution in [1.29, 1.82) is 0 Å². The first-order valence-electron chi connectivity index (χ1n) is 24.2. The molecule has 6 aromatic rings. The number of benzene rings is 3. The van der Waals surface area contributed by atoms with Crippen LogP contribution in [0.5, 0.6) is 0 Å². The summed E-state index contributed by atoms with van der Waals surface area (Å²) in [6, 6.07) is 25.1. The Hall–Kier alpha value is -6.30. The van der Waals surface area contributed by atoms with Gasteiger partial charge in [-0.15, -0.1) is 0 Å². The number of aryl methyl sites for hydroxylation is 3. The van der Waals surface area contributed by atoms with Crippen molar-refractivity contribution in [1.82, 2.24) is 29.9 Å². The van der Waals surface area contributed by atoms with Crippen molar-refractivity contribution >= 4 is 51.8 Å². The standard InChI is InChI=1S/3C14H16N4.6C2H6/c1-10-6-4-5-7-12(10)18-11(2)17(3)13-8-15-9-16-14(13)18;2*1-10-6-4-5-7-12(10)18-11(2)17(3)13-14(18)16-9-8-15-13;6*1-2/h3*4-9,11H,1-3H3;6*1-2H3/t3*11-;;;;;;/m000....../s1. The third-order valence-electron chi connectivity index (χ3n) is 10.7. The molecular weight excluding hydrogens is 817 g/mol. The zero-order chi connectivity index (χ0) is 50.1. The Kier molecular flexibility index (Phi) is 26.2. The Balaban J connectivity index is 0.000000443. The van der Waals surface area contributed by atoms with Crippen molar-refractivity contribution in [3.8, 4) is 0 Å². The summed E-state index contributed by atoms with van der Waals surface area (Å²) >= 11 is 0. The van der Waals surface area contributed by atoms with Gasteiger partial charge in [-0.05, 0) is 76.4 Å². The number of hydrogen-bond acceptors (Lipinski definition) is 12. The van der Waals surface area contributed by atoms with Gasteiger partial charge in [0.05, 0.1) is 6.20 Å². The molecule has 0 saturated carbocycles. The van der Waals surface area contributed by atoms with Crippen molar-refractivity contribution < 1.29 is 0 Å². The van der Waals surface area contributed by atoms with E-state index < -0.39 is 0 Å². The maximum Gasteiger partial charge on any atom is 0.178 e. The van der Waals surface area contributed by atoms with Crippen LogP contribution in [0.3, 0.4) is 0 Å². The number of para-hydroxylation sites is 3. The van der Waals surface area contributed by atoms with Gasteiger partial charge in [0.15, 0.2) is 29.1 Å². The third kappa shape index (κ3) is 12.9. The molecular formula is C54H84N12. The number of aromatic nitrogens is 6. The minimum Gasteiger partial charge on any atom is -0.350 e. The molecule has 3 aliphatic heterocycles. The van der Waals surface area contributed by atoms with Crippen LogP contribution in [0.1, 0.15) is 121 Å². The second-order valence-electron chi connectivity index (χ2n) is 13.8. The molecule has 0 spiro atoms. The predicted molar refractivity (Wildman–Crippen MR) is 288 cm³/mol. The quantitative estimate of drug-likeness (QED) is 0.169. The highest BCUT2D eigenvalue weighted by Gasteiger charge is 2.36. The Morgan fingerprint density at radius 3 is 0.970 bits per heavy atom. The van der Waals surface area contributed by atoms with E-state index in [1.165, 1.54) is 33.8 Å². The van der Waals surface area contributed by atoms with Gasteiger partial charge in [-0.3, -0.25) is 0 Å². The SMILES string of the molecule is CC.CC.CC.CC.CC.CC.Cc1ccccc1N1c2nccnc2N(C)[C@@H]1C.Cc1ccccc1N1c2nccnc2N(C)[C@@H]1C.Cc1ccccc1N1c2ncncc2N(C)[C@@H]1C. The lowest BCUT2D eigenvalue weighted by Crippen LogP contribution is -2.36. The van der Waals surface area contributed by atoms with Crippen molar-refractivity contribution in [2.24, 2.45) is 0 Å². The number of fused-ring (bicyclic) bond motifs is 3. The molecule has 3 aromatic carbocycles. The van der Waals surface area contributed by atoms with E-state index in [0.29, 0.717) is 0 Å². The van der Waals surface area contributed by atoms with Crippen molar-refractivity contribution in [2.75, 3.05) is 50.5 Å². The van der Waals surface area contributed by atoms with Crippen molar-refractivity contribution in [2.45, 2.75) is 143 Å². The van der Waals surface area contributed by atoms with E-state index in [2.05, 4.69) is 195 Å². The Morgan fingerprint density at radius 2 is 0.636 bits per heavy atom. The lowest BCUT2D eigenvalue weighted by atomic mass is 10.2. The molecule has 0 N–H and O–H groups in total. The molecule has 3 aromatic heterocycles. The first kappa shape index (κ1) is 57.7. The van der Waals surface area contributed by atoms with Gasteiger partial charge in [0.2, 0.25) is 0 Å². The van der Waals surface area contributed by atoms with Gasteiger partial charge >= 0.3 is 0 Å². The first-order valence-corrected chi connectivity index (χ1v) is 24.2. The monoisotopic (exact) mass is 901 g/mol. The largest absolute Gasteiger partial charge is 0.350 e. The molecule has 12 heteroatoms. The van der Waals surface area contributed by atoms with Crippen LogP contribution in [-0.2, 0) is 0 Å². The molecule has 9 rings (SSSR count). The van der Waals surface area contributed by atoms with E-state index >= 15 is 0 Å². The van der Waals surface area contributed by atoms with Crippen LogP contribution in [0, 0.1) is 20.8 Å². The van der Waals surface area contributed by atoms with Gasteiger partial charge in [-0.1, -0.05) is 138 Å². The summed E-state index contributed by atoms with van der Waals surface area (Å²) in [7, 11) is 6.18. The van der Waals surface area contributed by atoms with E-state index in [1.54, 1.807) is 31.1 Å². The summed E-state index contributed by atoms with van der Waals surface area (Å²) in [5, 5.41) is 0. The zero-order valence-corrected chi connectivity index (χ0v) is 44.5. The summed E-state index contributed by atoms with van der Waals surface area (Å²) < 4.78 is 0. The van der Waals surface area contributed by atoms with Crippen LogP contribution in [-0.4, -0.2) is 69.5 Å². The second-order valence-corrected chi connectivity index (χ2v) is 13.8. The zero-order valence-electron chi connectivity index (χ0n) is 44.5. The van der Waals surface area contributed by atoms with Crippen LogP contribution >= 0.6 is 0 Å². The highest BCUT2D eigenvalue weighted by molar-refractivity contribution is 5.81. The molecule has 0 fully saturated rings. The number of rotatable bonds is 3. The van der Waals surface area contributed by atoms with Crippen molar-refractivity contribution in [3.05, 3.63) is 127 Å². The molecule has 0 bridgehead atoms. The minimum absolute atomic E-state index is 0.225. The highest BCUT2D eigenvalue weighted by Crippen LogP contribution is 2.43. The van der Waals surface area contributed by atoms with Crippen LogP contribution in [0.2, 0.25) is 0 Å². The molecule has 12 nitrogen and oxygen atoms in total. The molecule has 0 unspecified atom stereocenters. The Labute approximate surface area is 400 Å². The number of hydrogen-bond donors (Lipinski definition) is 0. The van der Waals surface area contributed by atoms with E-state index in [1.807, 2.05) is 89.3 Å². The molecule has 0 radical (unpaired) electrons. The van der Waals surface area contributed by atoms with Gasteiger partial charge < -0.3 is 29.4 Å². The van der Waals surface area contributed by atoms with E-state index in [0.717, 1.165) is 34.8 Å². The third-order valence-corrected chi connectivity index (χ3v) is 10.7. The average molecular weight is 901 g/mol. The second kappa shape index (κ2) is 30.0. The lowest BCUT2D eigenvalue weighted by Gasteiger charge is -2.28. The molecule has 66 heavy (non-hydrogen) atoms. The van der Waals surface area contributed by atoms with E-state index in [-0.39, 0.29) is 18.5 Å². The normalized spacial score (nSPS) is 15.3. The van der Waals surface area contributed by atoms with Gasteiger partial charge in [-0.2, -0.15) is 0 Å². The summed E-state index contributed by atoms with van der Waals surface area (Å²) in [6.45, 7) is 36.9. The fraction of sp³-hybridized carbons (Fsp3) is 0.444. The summed E-state index contributed by atoms with van der Waals surface area (Å²) in [5.74, 6) is 4.72. The van der Waals surface area contributed by atoms with Crippen LogP contribution in [0.15, 0.2) is 110 Å². The molecule has 6 heterocycles. The van der Waals surface area contributed by atoms with E-state index in [4.69, 9.17) is 0 Å². The average Bonchev–Trinajstić information content (AvgIpc) is 3.91. The lowest BCUT2D eigenvalue weighted by molar-refractivity contribution is 0.726. The number of nitrogens with zero attached hydrogens (tertiary/aromatic N) is 12. The fourth-order valence-corrected chi connectivity index (χ4v) is 7.29. The molecule has 3 atom stereocenters. The van der Waals surface area contributed by atoms with Gasteiger partial charge in [0, 0.05) is 63.0 Å². The fourth-order valence-electron chi connectivity index (χ4n) is 7.29. The molecule has 0 amide bonds. The topological polar surface area (TPSA) is 96.8 Å². The van der Waals surface area contributed by atoms with Crippen LogP contribution in [0.4, 0.5) is 51.8 Å². The number of anilines is 9. The Morgan fingerprint density at radius 1 is 0.348 bits per heavy atom. The molecule has 360 valence electrons. The minimum atomic E-state index is 0.225.